The van der Waals surface area contributed by atoms with E-state index in [2.05, 4.69) is 37.4 Å². The molecule has 1 N–H and O–H groups in total. The molecular weight excluding hydrogens is 296 g/mol. The summed E-state index contributed by atoms with van der Waals surface area (Å²) in [5.74, 6) is 0.361. The lowest BCUT2D eigenvalue weighted by atomic mass is 9.98. The monoisotopic (exact) mass is 319 g/mol. The van der Waals surface area contributed by atoms with Gasteiger partial charge in [-0.05, 0) is 35.4 Å². The number of nitrogens with one attached hydrogen (secondary N) is 1. The highest BCUT2D eigenvalue weighted by atomic mass is 16.1. The molecule has 1 amide bonds. The lowest BCUT2D eigenvalue weighted by molar-refractivity contribution is -0.682. The molecule has 0 aliphatic rings. The summed E-state index contributed by atoms with van der Waals surface area (Å²) in [6.07, 6.45) is 3.96. The summed E-state index contributed by atoms with van der Waals surface area (Å²) in [7, 11) is 0. The topological polar surface area (TPSA) is 33.0 Å². The number of carbonyl (C=O) groups is 1. The van der Waals surface area contributed by atoms with Crippen LogP contribution in [0.15, 0.2) is 60.9 Å². The highest BCUT2D eigenvalue weighted by molar-refractivity contribution is 5.91. The van der Waals surface area contributed by atoms with Gasteiger partial charge in [0, 0.05) is 17.1 Å². The molecule has 1 aromatic heterocycles. The van der Waals surface area contributed by atoms with Crippen LogP contribution in [0.3, 0.4) is 0 Å². The summed E-state index contributed by atoms with van der Waals surface area (Å²) in [5, 5.41) is 5.40. The number of benzene rings is 2. The molecule has 3 aromatic rings. The SMILES string of the molecule is Cc1cccc(C(C)C)c1NC(=O)C[n+]1ccc2ccccc2c1. The second-order valence-corrected chi connectivity index (χ2v) is 6.49. The lowest BCUT2D eigenvalue weighted by Crippen LogP contribution is -2.39. The van der Waals surface area contributed by atoms with Crippen molar-refractivity contribution in [2.75, 3.05) is 5.32 Å². The Hall–Kier alpha value is -2.68. The van der Waals surface area contributed by atoms with Crippen LogP contribution in [0.4, 0.5) is 5.69 Å². The fraction of sp³-hybridized carbons (Fsp3) is 0.238. The number of anilines is 1. The zero-order valence-corrected chi connectivity index (χ0v) is 14.4. The second-order valence-electron chi connectivity index (χ2n) is 6.49. The maximum Gasteiger partial charge on any atom is 0.290 e. The van der Waals surface area contributed by atoms with Crippen molar-refractivity contribution in [1.29, 1.82) is 0 Å². The molecule has 3 heteroatoms. The van der Waals surface area contributed by atoms with Crippen molar-refractivity contribution in [3.05, 3.63) is 72.1 Å². The quantitative estimate of drug-likeness (QED) is 0.718. The average molecular weight is 319 g/mol. The van der Waals surface area contributed by atoms with Crippen LogP contribution < -0.4 is 9.88 Å². The first-order valence-electron chi connectivity index (χ1n) is 8.32. The van der Waals surface area contributed by atoms with E-state index in [1.165, 1.54) is 10.9 Å². The molecule has 0 unspecified atom stereocenters. The Labute approximate surface area is 143 Å². The Balaban J connectivity index is 1.80. The number of para-hydroxylation sites is 1. The van der Waals surface area contributed by atoms with Gasteiger partial charge in [0.25, 0.3) is 5.91 Å². The van der Waals surface area contributed by atoms with Crippen LogP contribution in [0.25, 0.3) is 10.8 Å². The van der Waals surface area contributed by atoms with Gasteiger partial charge in [0.1, 0.15) is 0 Å². The van der Waals surface area contributed by atoms with Crippen LogP contribution in [-0.2, 0) is 11.3 Å². The fourth-order valence-corrected chi connectivity index (χ4v) is 2.96. The van der Waals surface area contributed by atoms with Crippen molar-refractivity contribution in [2.24, 2.45) is 0 Å². The third-order valence-corrected chi connectivity index (χ3v) is 4.26. The number of carbonyl (C=O) groups excluding carboxylic acids is 1. The molecule has 0 aliphatic heterocycles. The van der Waals surface area contributed by atoms with E-state index in [-0.39, 0.29) is 5.91 Å². The summed E-state index contributed by atoms with van der Waals surface area (Å²) >= 11 is 0. The molecule has 0 aliphatic carbocycles. The molecule has 1 heterocycles. The second kappa shape index (κ2) is 6.83. The molecule has 0 bridgehead atoms. The van der Waals surface area contributed by atoms with E-state index < -0.39 is 0 Å². The molecule has 0 spiro atoms. The minimum atomic E-state index is -0.00789. The van der Waals surface area contributed by atoms with Gasteiger partial charge in [-0.3, -0.25) is 4.79 Å². The van der Waals surface area contributed by atoms with Crippen LogP contribution in [-0.4, -0.2) is 5.91 Å². The maximum absolute atomic E-state index is 12.5. The Morgan fingerprint density at radius 2 is 1.79 bits per heavy atom. The van der Waals surface area contributed by atoms with Crippen LogP contribution in [0.2, 0.25) is 0 Å². The molecule has 122 valence electrons. The fourth-order valence-electron chi connectivity index (χ4n) is 2.96. The van der Waals surface area contributed by atoms with Gasteiger partial charge in [0.2, 0.25) is 6.54 Å². The van der Waals surface area contributed by atoms with Crippen molar-refractivity contribution in [1.82, 2.24) is 0 Å². The molecule has 0 saturated carbocycles. The molecule has 0 saturated heterocycles. The molecule has 0 radical (unpaired) electrons. The molecule has 2 aromatic carbocycles. The van der Waals surface area contributed by atoms with E-state index in [9.17, 15) is 4.79 Å². The molecule has 3 rings (SSSR count). The number of aromatic nitrogens is 1. The first kappa shape index (κ1) is 16.2. The van der Waals surface area contributed by atoms with Crippen molar-refractivity contribution >= 4 is 22.4 Å². The van der Waals surface area contributed by atoms with Gasteiger partial charge in [-0.1, -0.05) is 50.2 Å². The number of fused-ring (bicyclic) bond motifs is 1. The van der Waals surface area contributed by atoms with E-state index in [0.717, 1.165) is 16.6 Å². The van der Waals surface area contributed by atoms with Gasteiger partial charge in [-0.15, -0.1) is 0 Å². The van der Waals surface area contributed by atoms with E-state index in [1.807, 2.05) is 54.2 Å². The predicted molar refractivity (Wildman–Crippen MR) is 98.0 cm³/mol. The maximum atomic E-state index is 12.5. The molecular formula is C21H23N2O+. The number of aryl methyl sites for hydroxylation is 1. The first-order chi connectivity index (χ1) is 11.5. The van der Waals surface area contributed by atoms with Crippen molar-refractivity contribution in [3.8, 4) is 0 Å². The molecule has 3 nitrogen and oxygen atoms in total. The van der Waals surface area contributed by atoms with Gasteiger partial charge < -0.3 is 5.32 Å². The van der Waals surface area contributed by atoms with E-state index in [4.69, 9.17) is 0 Å². The zero-order chi connectivity index (χ0) is 17.1. The Morgan fingerprint density at radius 3 is 2.54 bits per heavy atom. The van der Waals surface area contributed by atoms with Crippen LogP contribution in [0.1, 0.15) is 30.9 Å². The standard InChI is InChI=1S/C21H22N2O/c1-15(2)19-10-6-7-16(3)21(19)22-20(24)14-23-12-11-17-8-4-5-9-18(17)13-23/h4-13,15H,14H2,1-3H3/p+1. The number of hydrogen-bond acceptors (Lipinski definition) is 1. The summed E-state index contributed by atoms with van der Waals surface area (Å²) in [5.41, 5.74) is 3.21. The largest absolute Gasteiger partial charge is 0.320 e. The average Bonchev–Trinajstić information content (AvgIpc) is 2.56. The van der Waals surface area contributed by atoms with Crippen molar-refractivity contribution in [2.45, 2.75) is 33.2 Å². The van der Waals surface area contributed by atoms with E-state index in [0.29, 0.717) is 12.5 Å². The summed E-state index contributed by atoms with van der Waals surface area (Å²) < 4.78 is 1.92. The minimum absolute atomic E-state index is 0.00789. The van der Waals surface area contributed by atoms with Crippen molar-refractivity contribution < 1.29 is 9.36 Å². The first-order valence-corrected chi connectivity index (χ1v) is 8.32. The summed E-state index contributed by atoms with van der Waals surface area (Å²) in [6, 6.07) is 16.3. The number of amides is 1. The molecule has 0 fully saturated rings. The number of nitrogens with zero attached hydrogens (tertiary/aromatic N) is 1. The summed E-state index contributed by atoms with van der Waals surface area (Å²) in [4.78, 5) is 12.5. The number of rotatable bonds is 4. The number of hydrogen-bond donors (Lipinski definition) is 1. The highest BCUT2D eigenvalue weighted by Gasteiger charge is 2.15. The Bertz CT molecular complexity index is 884. The Kier molecular flexibility index (Phi) is 4.61. The van der Waals surface area contributed by atoms with Gasteiger partial charge >= 0.3 is 0 Å². The van der Waals surface area contributed by atoms with Gasteiger partial charge in [0.05, 0.1) is 0 Å². The highest BCUT2D eigenvalue weighted by Crippen LogP contribution is 2.27. The van der Waals surface area contributed by atoms with Crippen LogP contribution in [0, 0.1) is 6.92 Å². The smallest absolute Gasteiger partial charge is 0.290 e. The normalized spacial score (nSPS) is 11.0. The summed E-state index contributed by atoms with van der Waals surface area (Å²) in [6.45, 7) is 6.62. The zero-order valence-electron chi connectivity index (χ0n) is 14.4. The predicted octanol–water partition coefficient (Wildman–Crippen LogP) is 4.20. The van der Waals surface area contributed by atoms with Crippen LogP contribution in [0.5, 0.6) is 0 Å². The third kappa shape index (κ3) is 3.46. The van der Waals surface area contributed by atoms with Gasteiger partial charge in [-0.25, -0.2) is 0 Å². The third-order valence-electron chi connectivity index (χ3n) is 4.26. The number of pyridine rings is 1. The van der Waals surface area contributed by atoms with Crippen LogP contribution >= 0.6 is 0 Å². The van der Waals surface area contributed by atoms with Crippen molar-refractivity contribution in [3.63, 3.8) is 0 Å². The van der Waals surface area contributed by atoms with E-state index >= 15 is 0 Å². The lowest BCUT2D eigenvalue weighted by Gasteiger charge is -2.15. The van der Waals surface area contributed by atoms with E-state index in [1.54, 1.807) is 0 Å². The van der Waals surface area contributed by atoms with Gasteiger partial charge in [-0.2, -0.15) is 4.57 Å². The molecule has 24 heavy (non-hydrogen) atoms. The molecule has 0 atom stereocenters. The van der Waals surface area contributed by atoms with Gasteiger partial charge in [0.15, 0.2) is 12.4 Å². The Morgan fingerprint density at radius 1 is 1.04 bits per heavy atom. The minimum Gasteiger partial charge on any atom is -0.320 e.